The van der Waals surface area contributed by atoms with E-state index in [1.54, 1.807) is 0 Å². The van der Waals surface area contributed by atoms with Gasteiger partial charge in [0.2, 0.25) is 0 Å². The average Bonchev–Trinajstić information content (AvgIpc) is 2.68. The molecule has 3 aromatic rings. The van der Waals surface area contributed by atoms with Crippen molar-refractivity contribution in [3.63, 3.8) is 0 Å². The Balaban J connectivity index is 1.80. The van der Waals surface area contributed by atoms with Gasteiger partial charge in [0, 0.05) is 17.5 Å². The Morgan fingerprint density at radius 2 is 1.75 bits per heavy atom. The van der Waals surface area contributed by atoms with Crippen LogP contribution in [0.2, 0.25) is 0 Å². The van der Waals surface area contributed by atoms with Gasteiger partial charge in [0.15, 0.2) is 5.82 Å². The number of para-hydroxylation sites is 1. The van der Waals surface area contributed by atoms with E-state index < -0.39 is 0 Å². The highest BCUT2D eigenvalue weighted by Gasteiger charge is 2.12. The summed E-state index contributed by atoms with van der Waals surface area (Å²) in [6.45, 7) is 11.5. The van der Waals surface area contributed by atoms with Crippen molar-refractivity contribution in [1.82, 2.24) is 9.97 Å². The lowest BCUT2D eigenvalue weighted by atomic mass is 10.0. The molecule has 4 heteroatoms. The number of rotatable bonds is 7. The minimum absolute atomic E-state index is 0.446. The van der Waals surface area contributed by atoms with Gasteiger partial charge < -0.3 is 9.47 Å². The first kappa shape index (κ1) is 19.9. The summed E-state index contributed by atoms with van der Waals surface area (Å²) in [7, 11) is 0. The molecule has 0 saturated carbocycles. The first-order valence-corrected chi connectivity index (χ1v) is 9.77. The van der Waals surface area contributed by atoms with Gasteiger partial charge in [-0.25, -0.2) is 9.97 Å². The van der Waals surface area contributed by atoms with E-state index in [0.29, 0.717) is 25.0 Å². The summed E-state index contributed by atoms with van der Waals surface area (Å²) in [6.07, 6.45) is 1.85. The van der Waals surface area contributed by atoms with Crippen LogP contribution in [0.5, 0.6) is 11.5 Å². The van der Waals surface area contributed by atoms with Crippen molar-refractivity contribution in [3.05, 3.63) is 71.0 Å². The number of benzene rings is 2. The van der Waals surface area contributed by atoms with Crippen LogP contribution in [-0.4, -0.2) is 16.6 Å². The summed E-state index contributed by atoms with van der Waals surface area (Å²) in [5.74, 6) is 2.85. The van der Waals surface area contributed by atoms with E-state index in [9.17, 15) is 0 Å². The maximum atomic E-state index is 6.10. The molecular weight excluding hydrogens is 348 g/mol. The molecule has 0 amide bonds. The predicted molar refractivity (Wildman–Crippen MR) is 113 cm³/mol. The van der Waals surface area contributed by atoms with Gasteiger partial charge in [0.25, 0.3) is 0 Å². The predicted octanol–water partition coefficient (Wildman–Crippen LogP) is 5.86. The van der Waals surface area contributed by atoms with Crippen molar-refractivity contribution in [1.29, 1.82) is 0 Å². The molecule has 0 aliphatic rings. The molecule has 0 N–H and O–H groups in total. The zero-order valence-electron chi connectivity index (χ0n) is 17.3. The van der Waals surface area contributed by atoms with Gasteiger partial charge in [0.05, 0.1) is 12.2 Å². The van der Waals surface area contributed by atoms with Crippen LogP contribution in [0, 0.1) is 13.8 Å². The lowest BCUT2D eigenvalue weighted by Crippen LogP contribution is -2.04. The van der Waals surface area contributed by atoms with Crippen LogP contribution in [0.25, 0.3) is 11.4 Å². The summed E-state index contributed by atoms with van der Waals surface area (Å²) in [5, 5.41) is 0. The van der Waals surface area contributed by atoms with Crippen molar-refractivity contribution < 1.29 is 9.47 Å². The Morgan fingerprint density at radius 3 is 2.46 bits per heavy atom. The highest BCUT2D eigenvalue weighted by Crippen LogP contribution is 2.28. The molecule has 0 spiro atoms. The standard InChI is InChI=1S/C24H28N2O2/c1-6-27-22-10-8-7-9-21(22)24-25-14-20(18(5)26-24)15-28-23-13-19(16(2)3)12-11-17(23)4/h7-14,16H,6,15H2,1-5H3. The molecule has 28 heavy (non-hydrogen) atoms. The second-order valence-corrected chi connectivity index (χ2v) is 7.20. The fourth-order valence-electron chi connectivity index (χ4n) is 2.98. The number of ether oxygens (including phenoxy) is 2. The molecule has 0 bridgehead atoms. The number of nitrogens with zero attached hydrogens (tertiary/aromatic N) is 2. The average molecular weight is 377 g/mol. The Kier molecular flexibility index (Phi) is 6.30. The Hall–Kier alpha value is -2.88. The summed E-state index contributed by atoms with van der Waals surface area (Å²) < 4.78 is 11.8. The van der Waals surface area contributed by atoms with E-state index in [1.165, 1.54) is 5.56 Å². The lowest BCUT2D eigenvalue weighted by Gasteiger charge is -2.14. The van der Waals surface area contributed by atoms with Gasteiger partial charge in [-0.05, 0) is 56.0 Å². The third-order valence-electron chi connectivity index (χ3n) is 4.77. The number of hydrogen-bond donors (Lipinski definition) is 0. The molecule has 0 radical (unpaired) electrons. The largest absolute Gasteiger partial charge is 0.493 e. The van der Waals surface area contributed by atoms with Gasteiger partial charge >= 0.3 is 0 Å². The minimum Gasteiger partial charge on any atom is -0.493 e. The summed E-state index contributed by atoms with van der Waals surface area (Å²) in [6, 6.07) is 14.3. The van der Waals surface area contributed by atoms with Crippen molar-refractivity contribution in [2.24, 2.45) is 0 Å². The van der Waals surface area contributed by atoms with Gasteiger partial charge in [-0.15, -0.1) is 0 Å². The smallest absolute Gasteiger partial charge is 0.163 e. The van der Waals surface area contributed by atoms with E-state index >= 15 is 0 Å². The van der Waals surface area contributed by atoms with Crippen LogP contribution >= 0.6 is 0 Å². The van der Waals surface area contributed by atoms with Crippen LogP contribution in [0.4, 0.5) is 0 Å². The van der Waals surface area contributed by atoms with E-state index in [0.717, 1.165) is 33.9 Å². The highest BCUT2D eigenvalue weighted by atomic mass is 16.5. The van der Waals surface area contributed by atoms with Crippen LogP contribution < -0.4 is 9.47 Å². The second kappa shape index (κ2) is 8.87. The minimum atomic E-state index is 0.446. The maximum absolute atomic E-state index is 6.10. The number of aryl methyl sites for hydroxylation is 2. The molecular formula is C24H28N2O2. The second-order valence-electron chi connectivity index (χ2n) is 7.20. The van der Waals surface area contributed by atoms with E-state index in [1.807, 2.05) is 44.3 Å². The molecule has 1 heterocycles. The fraction of sp³-hybridized carbons (Fsp3) is 0.333. The third kappa shape index (κ3) is 4.50. The molecule has 0 fully saturated rings. The number of hydrogen-bond acceptors (Lipinski definition) is 4. The molecule has 0 aliphatic carbocycles. The summed E-state index contributed by atoms with van der Waals surface area (Å²) in [5.41, 5.74) is 5.20. The topological polar surface area (TPSA) is 44.2 Å². The fourth-order valence-corrected chi connectivity index (χ4v) is 2.98. The number of aromatic nitrogens is 2. The van der Waals surface area contributed by atoms with Crippen molar-refractivity contribution in [2.45, 2.75) is 47.1 Å². The van der Waals surface area contributed by atoms with Gasteiger partial charge in [-0.2, -0.15) is 0 Å². The Bertz CT molecular complexity index is 951. The first-order chi connectivity index (χ1) is 13.5. The van der Waals surface area contributed by atoms with Crippen molar-refractivity contribution in [2.75, 3.05) is 6.61 Å². The van der Waals surface area contributed by atoms with Crippen molar-refractivity contribution in [3.8, 4) is 22.9 Å². The first-order valence-electron chi connectivity index (χ1n) is 9.77. The normalized spacial score (nSPS) is 10.9. The molecule has 4 nitrogen and oxygen atoms in total. The van der Waals surface area contributed by atoms with Gasteiger partial charge in [-0.1, -0.05) is 38.1 Å². The summed E-state index contributed by atoms with van der Waals surface area (Å²) in [4.78, 5) is 9.26. The van der Waals surface area contributed by atoms with Gasteiger partial charge in [0.1, 0.15) is 18.1 Å². The van der Waals surface area contributed by atoms with Crippen LogP contribution in [0.3, 0.4) is 0 Å². The third-order valence-corrected chi connectivity index (χ3v) is 4.77. The maximum Gasteiger partial charge on any atom is 0.163 e. The van der Waals surface area contributed by atoms with E-state index in [2.05, 4.69) is 44.0 Å². The Morgan fingerprint density at radius 1 is 0.964 bits per heavy atom. The monoisotopic (exact) mass is 376 g/mol. The SMILES string of the molecule is CCOc1ccccc1-c1ncc(COc2cc(C(C)C)ccc2C)c(C)n1. The van der Waals surface area contributed by atoms with Crippen molar-refractivity contribution >= 4 is 0 Å². The molecule has 0 aliphatic heterocycles. The molecule has 0 atom stereocenters. The highest BCUT2D eigenvalue weighted by molar-refractivity contribution is 5.64. The molecule has 2 aromatic carbocycles. The summed E-state index contributed by atoms with van der Waals surface area (Å²) >= 11 is 0. The van der Waals surface area contributed by atoms with Crippen LogP contribution in [0.15, 0.2) is 48.7 Å². The molecule has 3 rings (SSSR count). The van der Waals surface area contributed by atoms with Crippen LogP contribution in [0.1, 0.15) is 49.1 Å². The molecule has 0 unspecified atom stereocenters. The quantitative estimate of drug-likeness (QED) is 0.518. The van der Waals surface area contributed by atoms with E-state index in [4.69, 9.17) is 14.5 Å². The molecule has 0 saturated heterocycles. The van der Waals surface area contributed by atoms with Crippen LogP contribution in [-0.2, 0) is 6.61 Å². The van der Waals surface area contributed by atoms with E-state index in [-0.39, 0.29) is 0 Å². The van der Waals surface area contributed by atoms with Gasteiger partial charge in [-0.3, -0.25) is 0 Å². The zero-order chi connectivity index (χ0) is 20.1. The molecule has 1 aromatic heterocycles. The zero-order valence-corrected chi connectivity index (χ0v) is 17.3. The Labute approximate surface area is 167 Å². The lowest BCUT2D eigenvalue weighted by molar-refractivity contribution is 0.302. The molecule has 146 valence electrons.